The van der Waals surface area contributed by atoms with E-state index in [-0.39, 0.29) is 11.8 Å². The molecule has 2 atom stereocenters. The van der Waals surface area contributed by atoms with Crippen LogP contribution in [0.4, 0.5) is 0 Å². The van der Waals surface area contributed by atoms with Gasteiger partial charge in [0.2, 0.25) is 5.91 Å². The fraction of sp³-hybridized carbons (Fsp3) is 0.562. The molecule has 1 fully saturated rings. The second-order valence-corrected chi connectivity index (χ2v) is 5.50. The van der Waals surface area contributed by atoms with Crippen molar-refractivity contribution in [2.24, 2.45) is 17.6 Å². The molecular weight excluding hydrogens is 236 g/mol. The SMILES string of the molecule is Cc1ccccc1CCNC(=O)[C@@H]1CCC[C@@H]1CN. The molecule has 1 saturated carbocycles. The lowest BCUT2D eigenvalue weighted by Crippen LogP contribution is -2.36. The summed E-state index contributed by atoms with van der Waals surface area (Å²) in [5, 5.41) is 3.07. The molecule has 1 aliphatic carbocycles. The lowest BCUT2D eigenvalue weighted by Gasteiger charge is -2.17. The van der Waals surface area contributed by atoms with Gasteiger partial charge < -0.3 is 11.1 Å². The van der Waals surface area contributed by atoms with Crippen LogP contribution in [0.3, 0.4) is 0 Å². The van der Waals surface area contributed by atoms with Crippen molar-refractivity contribution in [1.82, 2.24) is 5.32 Å². The topological polar surface area (TPSA) is 55.1 Å². The zero-order valence-electron chi connectivity index (χ0n) is 11.7. The first-order valence-electron chi connectivity index (χ1n) is 7.24. The van der Waals surface area contributed by atoms with Gasteiger partial charge in [0.15, 0.2) is 0 Å². The fourth-order valence-corrected chi connectivity index (χ4v) is 3.01. The van der Waals surface area contributed by atoms with Gasteiger partial charge in [0.05, 0.1) is 0 Å². The quantitative estimate of drug-likeness (QED) is 0.851. The number of benzene rings is 1. The second-order valence-electron chi connectivity index (χ2n) is 5.50. The van der Waals surface area contributed by atoms with Gasteiger partial charge in [-0.25, -0.2) is 0 Å². The third-order valence-corrected chi connectivity index (χ3v) is 4.25. The van der Waals surface area contributed by atoms with E-state index in [9.17, 15) is 4.79 Å². The van der Waals surface area contributed by atoms with E-state index < -0.39 is 0 Å². The van der Waals surface area contributed by atoms with Crippen molar-refractivity contribution in [3.63, 3.8) is 0 Å². The zero-order valence-corrected chi connectivity index (χ0v) is 11.7. The van der Waals surface area contributed by atoms with E-state index in [4.69, 9.17) is 5.73 Å². The summed E-state index contributed by atoms with van der Waals surface area (Å²) in [4.78, 5) is 12.1. The number of rotatable bonds is 5. The molecule has 0 bridgehead atoms. The van der Waals surface area contributed by atoms with Crippen molar-refractivity contribution in [1.29, 1.82) is 0 Å². The van der Waals surface area contributed by atoms with Crippen molar-refractivity contribution in [3.8, 4) is 0 Å². The molecule has 0 saturated heterocycles. The maximum atomic E-state index is 12.1. The molecule has 1 amide bonds. The van der Waals surface area contributed by atoms with E-state index in [0.29, 0.717) is 12.5 Å². The highest BCUT2D eigenvalue weighted by atomic mass is 16.1. The van der Waals surface area contributed by atoms with E-state index in [1.54, 1.807) is 0 Å². The van der Waals surface area contributed by atoms with Crippen LogP contribution in [0.1, 0.15) is 30.4 Å². The van der Waals surface area contributed by atoms with Crippen LogP contribution in [-0.4, -0.2) is 19.0 Å². The fourth-order valence-electron chi connectivity index (χ4n) is 3.01. The first-order valence-corrected chi connectivity index (χ1v) is 7.24. The van der Waals surface area contributed by atoms with Gasteiger partial charge in [-0.3, -0.25) is 4.79 Å². The Hall–Kier alpha value is -1.35. The summed E-state index contributed by atoms with van der Waals surface area (Å²) in [6.07, 6.45) is 4.14. The van der Waals surface area contributed by atoms with Gasteiger partial charge in [0, 0.05) is 12.5 Å². The molecule has 3 heteroatoms. The Balaban J connectivity index is 1.80. The van der Waals surface area contributed by atoms with E-state index in [0.717, 1.165) is 32.2 Å². The zero-order chi connectivity index (χ0) is 13.7. The molecule has 2 rings (SSSR count). The summed E-state index contributed by atoms with van der Waals surface area (Å²) < 4.78 is 0. The number of aryl methyl sites for hydroxylation is 1. The maximum Gasteiger partial charge on any atom is 0.223 e. The number of hydrogen-bond acceptors (Lipinski definition) is 2. The lowest BCUT2D eigenvalue weighted by molar-refractivity contribution is -0.125. The minimum atomic E-state index is 0.141. The molecular formula is C16H24N2O. The summed E-state index contributed by atoms with van der Waals surface area (Å²) in [5.74, 6) is 0.724. The normalized spacial score (nSPS) is 22.4. The summed E-state index contributed by atoms with van der Waals surface area (Å²) in [6, 6.07) is 8.33. The molecule has 0 aliphatic heterocycles. The van der Waals surface area contributed by atoms with Crippen LogP contribution in [0.5, 0.6) is 0 Å². The van der Waals surface area contributed by atoms with Crippen molar-refractivity contribution in [2.75, 3.05) is 13.1 Å². The van der Waals surface area contributed by atoms with Gasteiger partial charge in [-0.2, -0.15) is 0 Å². The number of nitrogens with one attached hydrogen (secondary N) is 1. The highest BCUT2D eigenvalue weighted by Gasteiger charge is 2.31. The Morgan fingerprint density at radius 3 is 2.89 bits per heavy atom. The Morgan fingerprint density at radius 2 is 2.16 bits per heavy atom. The van der Waals surface area contributed by atoms with Crippen LogP contribution < -0.4 is 11.1 Å². The van der Waals surface area contributed by atoms with E-state index in [1.165, 1.54) is 11.1 Å². The Morgan fingerprint density at radius 1 is 1.37 bits per heavy atom. The van der Waals surface area contributed by atoms with Crippen molar-refractivity contribution in [2.45, 2.75) is 32.6 Å². The number of carbonyl (C=O) groups is 1. The monoisotopic (exact) mass is 260 g/mol. The highest BCUT2D eigenvalue weighted by molar-refractivity contribution is 5.79. The van der Waals surface area contributed by atoms with Gasteiger partial charge in [-0.1, -0.05) is 30.7 Å². The van der Waals surface area contributed by atoms with Crippen molar-refractivity contribution >= 4 is 5.91 Å². The molecule has 0 spiro atoms. The Kier molecular flexibility index (Phi) is 4.97. The third kappa shape index (κ3) is 3.57. The average Bonchev–Trinajstić information content (AvgIpc) is 2.89. The molecule has 1 aromatic rings. The van der Waals surface area contributed by atoms with Gasteiger partial charge in [0.1, 0.15) is 0 Å². The predicted molar refractivity (Wildman–Crippen MR) is 77.8 cm³/mol. The minimum absolute atomic E-state index is 0.141. The summed E-state index contributed by atoms with van der Waals surface area (Å²) in [5.41, 5.74) is 8.32. The summed E-state index contributed by atoms with van der Waals surface area (Å²) in [6.45, 7) is 3.46. The molecule has 0 aromatic heterocycles. The summed E-state index contributed by atoms with van der Waals surface area (Å²) >= 11 is 0. The minimum Gasteiger partial charge on any atom is -0.356 e. The number of hydrogen-bond donors (Lipinski definition) is 2. The van der Waals surface area contributed by atoms with Gasteiger partial charge in [-0.05, 0) is 49.8 Å². The van der Waals surface area contributed by atoms with Crippen molar-refractivity contribution < 1.29 is 4.79 Å². The van der Waals surface area contributed by atoms with E-state index >= 15 is 0 Å². The van der Waals surface area contributed by atoms with Crippen LogP contribution >= 0.6 is 0 Å². The molecule has 0 unspecified atom stereocenters. The molecule has 0 radical (unpaired) electrons. The highest BCUT2D eigenvalue weighted by Crippen LogP contribution is 2.30. The molecule has 1 aromatic carbocycles. The Labute approximate surface area is 115 Å². The second kappa shape index (κ2) is 6.71. The van der Waals surface area contributed by atoms with Crippen LogP contribution in [0.2, 0.25) is 0 Å². The van der Waals surface area contributed by atoms with Crippen molar-refractivity contribution in [3.05, 3.63) is 35.4 Å². The van der Waals surface area contributed by atoms with E-state index in [1.807, 2.05) is 12.1 Å². The molecule has 1 aliphatic rings. The number of nitrogens with two attached hydrogens (primary N) is 1. The molecule has 19 heavy (non-hydrogen) atoms. The van der Waals surface area contributed by atoms with Crippen LogP contribution in [0, 0.1) is 18.8 Å². The van der Waals surface area contributed by atoms with Gasteiger partial charge >= 0.3 is 0 Å². The third-order valence-electron chi connectivity index (χ3n) is 4.25. The smallest absolute Gasteiger partial charge is 0.223 e. The average molecular weight is 260 g/mol. The Bertz CT molecular complexity index is 431. The molecule has 3 N–H and O–H groups in total. The largest absolute Gasteiger partial charge is 0.356 e. The van der Waals surface area contributed by atoms with Crippen LogP contribution in [-0.2, 0) is 11.2 Å². The maximum absolute atomic E-state index is 12.1. The van der Waals surface area contributed by atoms with Gasteiger partial charge in [-0.15, -0.1) is 0 Å². The van der Waals surface area contributed by atoms with Crippen LogP contribution in [0.25, 0.3) is 0 Å². The lowest BCUT2D eigenvalue weighted by atomic mass is 9.95. The van der Waals surface area contributed by atoms with Crippen LogP contribution in [0.15, 0.2) is 24.3 Å². The number of carbonyl (C=O) groups excluding carboxylic acids is 1. The van der Waals surface area contributed by atoms with Gasteiger partial charge in [0.25, 0.3) is 0 Å². The molecule has 0 heterocycles. The standard InChI is InChI=1S/C16H24N2O/c1-12-5-2-3-6-13(12)9-10-18-16(19)15-8-4-7-14(15)11-17/h2-3,5-6,14-15H,4,7-11,17H2,1H3,(H,18,19)/t14-,15-/m1/s1. The molecule has 104 valence electrons. The molecule has 3 nitrogen and oxygen atoms in total. The first kappa shape index (κ1) is 14.1. The number of amides is 1. The predicted octanol–water partition coefficient (Wildman–Crippen LogP) is 2.03. The first-order chi connectivity index (χ1) is 9.22. The summed E-state index contributed by atoms with van der Waals surface area (Å²) in [7, 11) is 0. The van der Waals surface area contributed by atoms with E-state index in [2.05, 4.69) is 24.4 Å².